The maximum atomic E-state index is 14.0. The number of aromatic nitrogens is 3. The molecule has 186 valence electrons. The molecule has 5 rings (SSSR count). The van der Waals surface area contributed by atoms with Gasteiger partial charge in [-0.3, -0.25) is 9.59 Å². The Morgan fingerprint density at radius 1 is 0.919 bits per heavy atom. The summed E-state index contributed by atoms with van der Waals surface area (Å²) in [4.78, 5) is 28.9. The SMILES string of the molecule is CCCc1nn(-c2ccc(F)cc2)c([O-])c1C1=C([n+]2cccc(C)c2)C(=O)N(c2ccc(C)cc2)C1=O. The van der Waals surface area contributed by atoms with E-state index in [2.05, 4.69) is 5.10 Å². The summed E-state index contributed by atoms with van der Waals surface area (Å²) in [6, 6.07) is 16.1. The number of anilines is 1. The van der Waals surface area contributed by atoms with Gasteiger partial charge in [0.15, 0.2) is 12.4 Å². The fourth-order valence-electron chi connectivity index (χ4n) is 4.51. The molecule has 0 spiro atoms. The number of carbonyl (C=O) groups excluding carboxylic acids is 2. The van der Waals surface area contributed by atoms with Gasteiger partial charge in [0.2, 0.25) is 0 Å². The summed E-state index contributed by atoms with van der Waals surface area (Å²) in [7, 11) is 0. The first-order chi connectivity index (χ1) is 17.8. The number of aryl methyl sites for hydroxylation is 3. The third kappa shape index (κ3) is 4.20. The maximum Gasteiger partial charge on any atom is 0.331 e. The highest BCUT2D eigenvalue weighted by molar-refractivity contribution is 6.53. The molecule has 0 unspecified atom stereocenters. The first-order valence-electron chi connectivity index (χ1n) is 12.0. The molecule has 0 aliphatic carbocycles. The number of amides is 2. The number of carbonyl (C=O) groups is 2. The van der Waals surface area contributed by atoms with Gasteiger partial charge >= 0.3 is 5.91 Å². The molecule has 0 saturated carbocycles. The zero-order valence-electron chi connectivity index (χ0n) is 20.7. The van der Waals surface area contributed by atoms with Crippen LogP contribution in [0.4, 0.5) is 10.1 Å². The molecular weight excluding hydrogens is 471 g/mol. The lowest BCUT2D eigenvalue weighted by Gasteiger charge is -2.16. The van der Waals surface area contributed by atoms with Crippen molar-refractivity contribution < 1.29 is 23.7 Å². The van der Waals surface area contributed by atoms with Gasteiger partial charge in [0, 0.05) is 17.2 Å². The van der Waals surface area contributed by atoms with Gasteiger partial charge in [0.05, 0.1) is 17.1 Å². The highest BCUT2D eigenvalue weighted by atomic mass is 19.1. The number of hydrogen-bond donors (Lipinski definition) is 0. The van der Waals surface area contributed by atoms with Crippen molar-refractivity contribution in [3.05, 3.63) is 101 Å². The molecule has 0 radical (unpaired) electrons. The van der Waals surface area contributed by atoms with Gasteiger partial charge in [0.1, 0.15) is 11.4 Å². The summed E-state index contributed by atoms with van der Waals surface area (Å²) in [5, 5.41) is 18.3. The van der Waals surface area contributed by atoms with Crippen molar-refractivity contribution in [2.24, 2.45) is 0 Å². The highest BCUT2D eigenvalue weighted by Gasteiger charge is 2.47. The van der Waals surface area contributed by atoms with Crippen LogP contribution in [0, 0.1) is 19.7 Å². The number of benzene rings is 2. The van der Waals surface area contributed by atoms with E-state index in [1.54, 1.807) is 35.2 Å². The van der Waals surface area contributed by atoms with Crippen LogP contribution in [-0.4, -0.2) is 21.6 Å². The second-order valence-electron chi connectivity index (χ2n) is 9.06. The van der Waals surface area contributed by atoms with E-state index in [0.717, 1.165) is 20.7 Å². The van der Waals surface area contributed by atoms with Crippen LogP contribution in [0.5, 0.6) is 5.88 Å². The van der Waals surface area contributed by atoms with Crippen molar-refractivity contribution in [3.8, 4) is 11.6 Å². The second-order valence-corrected chi connectivity index (χ2v) is 9.06. The molecule has 4 aromatic rings. The zero-order chi connectivity index (χ0) is 26.3. The summed E-state index contributed by atoms with van der Waals surface area (Å²) < 4.78 is 16.3. The van der Waals surface area contributed by atoms with Gasteiger partial charge in [-0.05, 0) is 68.6 Å². The lowest BCUT2D eigenvalue weighted by atomic mass is 10.0. The molecule has 8 heteroatoms. The highest BCUT2D eigenvalue weighted by Crippen LogP contribution is 2.39. The molecule has 2 aromatic carbocycles. The third-order valence-electron chi connectivity index (χ3n) is 6.28. The molecular formula is C29H25FN4O3. The minimum Gasteiger partial charge on any atom is -0.858 e. The molecule has 1 aliphatic heterocycles. The van der Waals surface area contributed by atoms with E-state index in [4.69, 9.17) is 0 Å². The molecule has 37 heavy (non-hydrogen) atoms. The van der Waals surface area contributed by atoms with E-state index in [0.29, 0.717) is 29.9 Å². The van der Waals surface area contributed by atoms with E-state index in [-0.39, 0.29) is 16.8 Å². The van der Waals surface area contributed by atoms with Crippen LogP contribution in [-0.2, 0) is 16.0 Å². The fraction of sp³-hybridized carbons (Fsp3) is 0.172. The zero-order valence-corrected chi connectivity index (χ0v) is 20.7. The molecule has 0 N–H and O–H groups in total. The number of imide groups is 1. The Labute approximate surface area is 213 Å². The van der Waals surface area contributed by atoms with E-state index in [1.807, 2.05) is 39.0 Å². The molecule has 0 bridgehead atoms. The standard InChI is InChI=1S/C29H25FN4O3/c1-4-6-23-24(28(36)34(31-23)22-14-10-20(30)11-15-22)25-26(32-16-5-7-19(3)17-32)29(37)33(27(25)35)21-12-8-18(2)9-13-21/h5,7-17H,4,6H2,1-3H3. The van der Waals surface area contributed by atoms with Crippen LogP contribution in [0.3, 0.4) is 0 Å². The topological polar surface area (TPSA) is 82.1 Å². The molecule has 3 heterocycles. The van der Waals surface area contributed by atoms with Gasteiger partial charge in [0.25, 0.3) is 11.6 Å². The lowest BCUT2D eigenvalue weighted by molar-refractivity contribution is -0.577. The first kappa shape index (κ1) is 24.1. The van der Waals surface area contributed by atoms with Crippen LogP contribution in [0.15, 0.2) is 73.1 Å². The molecule has 2 aromatic heterocycles. The summed E-state index contributed by atoms with van der Waals surface area (Å²) in [5.41, 5.74) is 3.22. The average molecular weight is 497 g/mol. The van der Waals surface area contributed by atoms with Gasteiger partial charge in [-0.2, -0.15) is 9.67 Å². The minimum atomic E-state index is -0.592. The number of hydrogen-bond acceptors (Lipinski definition) is 4. The average Bonchev–Trinajstić information content (AvgIpc) is 3.32. The Hall–Kier alpha value is -4.59. The largest absolute Gasteiger partial charge is 0.858 e. The van der Waals surface area contributed by atoms with Crippen molar-refractivity contribution >= 4 is 28.8 Å². The molecule has 2 amide bonds. The van der Waals surface area contributed by atoms with E-state index >= 15 is 0 Å². The summed E-state index contributed by atoms with van der Waals surface area (Å²) >= 11 is 0. The third-order valence-corrected chi connectivity index (χ3v) is 6.28. The van der Waals surface area contributed by atoms with Gasteiger partial charge in [-0.15, -0.1) is 0 Å². The van der Waals surface area contributed by atoms with Crippen molar-refractivity contribution in [1.82, 2.24) is 9.78 Å². The fourth-order valence-corrected chi connectivity index (χ4v) is 4.51. The predicted molar refractivity (Wildman–Crippen MR) is 135 cm³/mol. The van der Waals surface area contributed by atoms with E-state index in [1.165, 1.54) is 24.3 Å². The summed E-state index contributed by atoms with van der Waals surface area (Å²) in [5.74, 6) is -2.10. The smallest absolute Gasteiger partial charge is 0.331 e. The summed E-state index contributed by atoms with van der Waals surface area (Å²) in [6.07, 6.45) is 4.50. The van der Waals surface area contributed by atoms with Crippen molar-refractivity contribution in [3.63, 3.8) is 0 Å². The van der Waals surface area contributed by atoms with Gasteiger partial charge in [-0.25, -0.2) is 14.0 Å². The monoisotopic (exact) mass is 496 g/mol. The predicted octanol–water partition coefficient (Wildman–Crippen LogP) is 3.88. The number of rotatable bonds is 6. The molecule has 0 fully saturated rings. The Kier molecular flexibility index (Phi) is 6.17. The molecule has 1 aliphatic rings. The van der Waals surface area contributed by atoms with Crippen LogP contribution >= 0.6 is 0 Å². The van der Waals surface area contributed by atoms with Gasteiger partial charge < -0.3 is 5.11 Å². The first-order valence-corrected chi connectivity index (χ1v) is 12.0. The van der Waals surface area contributed by atoms with Crippen LogP contribution in [0.2, 0.25) is 0 Å². The Bertz CT molecular complexity index is 1550. The second kappa shape index (κ2) is 9.46. The molecule has 0 saturated heterocycles. The van der Waals surface area contributed by atoms with E-state index in [9.17, 15) is 19.1 Å². The number of halogens is 1. The van der Waals surface area contributed by atoms with Crippen LogP contribution in [0.1, 0.15) is 35.7 Å². The molecule has 0 atom stereocenters. The Balaban J connectivity index is 1.77. The normalized spacial score (nSPS) is 13.7. The lowest BCUT2D eigenvalue weighted by Crippen LogP contribution is -2.39. The maximum absolute atomic E-state index is 14.0. The van der Waals surface area contributed by atoms with Crippen molar-refractivity contribution in [2.45, 2.75) is 33.6 Å². The van der Waals surface area contributed by atoms with Crippen molar-refractivity contribution in [2.75, 3.05) is 4.90 Å². The number of pyridine rings is 1. The molecule has 7 nitrogen and oxygen atoms in total. The summed E-state index contributed by atoms with van der Waals surface area (Å²) in [6.45, 7) is 5.74. The number of nitrogens with zero attached hydrogens (tertiary/aromatic N) is 4. The van der Waals surface area contributed by atoms with Crippen LogP contribution < -0.4 is 14.6 Å². The van der Waals surface area contributed by atoms with E-state index < -0.39 is 23.5 Å². The van der Waals surface area contributed by atoms with Gasteiger partial charge in [-0.1, -0.05) is 31.0 Å². The van der Waals surface area contributed by atoms with Crippen molar-refractivity contribution in [1.29, 1.82) is 0 Å². The Morgan fingerprint density at radius 2 is 1.59 bits per heavy atom. The minimum absolute atomic E-state index is 0.00277. The quantitative estimate of drug-likeness (QED) is 0.300. The Morgan fingerprint density at radius 3 is 2.24 bits per heavy atom. The van der Waals surface area contributed by atoms with Crippen LogP contribution in [0.25, 0.3) is 17.0 Å².